The molecular formula is C12H9ClN6. The zero-order valence-corrected chi connectivity index (χ0v) is 10.5. The molecule has 0 aliphatic carbocycles. The molecule has 94 valence electrons. The van der Waals surface area contributed by atoms with E-state index in [1.54, 1.807) is 6.07 Å². The third-order valence-corrected chi connectivity index (χ3v) is 3.29. The van der Waals surface area contributed by atoms with Gasteiger partial charge in [-0.05, 0) is 11.6 Å². The first-order chi connectivity index (χ1) is 9.22. The van der Waals surface area contributed by atoms with Gasteiger partial charge in [0.2, 0.25) is 5.95 Å². The average Bonchev–Trinajstić information content (AvgIpc) is 2.88. The van der Waals surface area contributed by atoms with Crippen LogP contribution in [0.15, 0.2) is 36.2 Å². The van der Waals surface area contributed by atoms with E-state index in [-0.39, 0.29) is 5.82 Å². The minimum atomic E-state index is -0.421. The van der Waals surface area contributed by atoms with E-state index < -0.39 is 6.04 Å². The molecule has 1 atom stereocenters. The van der Waals surface area contributed by atoms with Gasteiger partial charge in [-0.15, -0.1) is 0 Å². The van der Waals surface area contributed by atoms with Crippen molar-refractivity contribution in [1.29, 1.82) is 5.26 Å². The van der Waals surface area contributed by atoms with Gasteiger partial charge in [-0.2, -0.15) is 20.0 Å². The lowest BCUT2D eigenvalue weighted by atomic mass is 9.98. The van der Waals surface area contributed by atoms with Crippen LogP contribution in [0, 0.1) is 11.3 Å². The van der Waals surface area contributed by atoms with Crippen molar-refractivity contribution in [3.63, 3.8) is 0 Å². The van der Waals surface area contributed by atoms with Crippen molar-refractivity contribution < 1.29 is 0 Å². The van der Waals surface area contributed by atoms with E-state index in [9.17, 15) is 5.26 Å². The minimum Gasteiger partial charge on any atom is -0.383 e. The summed E-state index contributed by atoms with van der Waals surface area (Å²) in [4.78, 5) is 4.06. The van der Waals surface area contributed by atoms with Crippen molar-refractivity contribution in [3.8, 4) is 6.07 Å². The molecule has 6 nitrogen and oxygen atoms in total. The van der Waals surface area contributed by atoms with Crippen LogP contribution in [0.25, 0.3) is 5.82 Å². The summed E-state index contributed by atoms with van der Waals surface area (Å²) in [6.45, 7) is 0. The topological polar surface area (TPSA) is 92.5 Å². The Kier molecular flexibility index (Phi) is 2.62. The maximum atomic E-state index is 9.31. The van der Waals surface area contributed by atoms with Gasteiger partial charge in [-0.3, -0.25) is 0 Å². The normalized spacial score (nSPS) is 17.6. The van der Waals surface area contributed by atoms with E-state index in [1.807, 2.05) is 18.2 Å². The summed E-state index contributed by atoms with van der Waals surface area (Å²) < 4.78 is 1.39. The number of nitriles is 1. The van der Waals surface area contributed by atoms with Gasteiger partial charge in [-0.1, -0.05) is 29.8 Å². The van der Waals surface area contributed by atoms with Crippen LogP contribution >= 0.6 is 11.6 Å². The molecule has 0 bridgehead atoms. The van der Waals surface area contributed by atoms with Crippen molar-refractivity contribution in [2.75, 3.05) is 5.32 Å². The summed E-state index contributed by atoms with van der Waals surface area (Å²) in [6, 6.07) is 8.98. The molecule has 19 heavy (non-hydrogen) atoms. The molecule has 0 saturated heterocycles. The first-order valence-corrected chi connectivity index (χ1v) is 5.91. The number of aromatic nitrogens is 3. The van der Waals surface area contributed by atoms with Gasteiger partial charge in [0.15, 0.2) is 0 Å². The molecule has 1 aromatic carbocycles. The third-order valence-electron chi connectivity index (χ3n) is 2.95. The van der Waals surface area contributed by atoms with Crippen molar-refractivity contribution in [3.05, 3.63) is 46.8 Å². The standard InChI is InChI=1S/C12H9ClN6/c13-9-4-2-1-3-7(9)10-8(5-14)11(15)19-12(18-10)16-6-17-19/h1-4,6,10H,15H2,(H,16,17,18)/t10-/m1/s1. The fourth-order valence-electron chi connectivity index (χ4n) is 2.04. The van der Waals surface area contributed by atoms with Crippen molar-refractivity contribution in [2.45, 2.75) is 6.04 Å². The number of nitrogens with two attached hydrogens (primary N) is 1. The highest BCUT2D eigenvalue weighted by Gasteiger charge is 2.29. The predicted molar refractivity (Wildman–Crippen MR) is 70.9 cm³/mol. The molecule has 3 rings (SSSR count). The lowest BCUT2D eigenvalue weighted by Gasteiger charge is -2.25. The molecule has 1 aromatic heterocycles. The highest BCUT2D eigenvalue weighted by molar-refractivity contribution is 6.31. The fraction of sp³-hybridized carbons (Fsp3) is 0.0833. The Morgan fingerprint density at radius 2 is 2.21 bits per heavy atom. The van der Waals surface area contributed by atoms with Crippen LogP contribution < -0.4 is 11.1 Å². The second kappa shape index (κ2) is 4.30. The summed E-state index contributed by atoms with van der Waals surface area (Å²) in [7, 11) is 0. The molecule has 0 radical (unpaired) electrons. The summed E-state index contributed by atoms with van der Waals surface area (Å²) >= 11 is 6.17. The monoisotopic (exact) mass is 272 g/mol. The van der Waals surface area contributed by atoms with Gasteiger partial charge in [0.25, 0.3) is 0 Å². The van der Waals surface area contributed by atoms with Crippen molar-refractivity contribution in [1.82, 2.24) is 14.8 Å². The average molecular weight is 273 g/mol. The molecule has 7 heteroatoms. The van der Waals surface area contributed by atoms with Gasteiger partial charge in [0, 0.05) is 5.02 Å². The highest BCUT2D eigenvalue weighted by Crippen LogP contribution is 2.35. The van der Waals surface area contributed by atoms with Gasteiger partial charge < -0.3 is 11.1 Å². The van der Waals surface area contributed by atoms with Crippen LogP contribution in [0.1, 0.15) is 11.6 Å². The minimum absolute atomic E-state index is 0.263. The first-order valence-electron chi connectivity index (χ1n) is 5.53. The fourth-order valence-corrected chi connectivity index (χ4v) is 2.29. The molecule has 0 amide bonds. The second-order valence-corrected chi connectivity index (χ2v) is 4.41. The van der Waals surface area contributed by atoms with Crippen molar-refractivity contribution in [2.24, 2.45) is 5.73 Å². The Hall–Kier alpha value is -2.52. The number of fused-ring (bicyclic) bond motifs is 1. The van der Waals surface area contributed by atoms with Gasteiger partial charge in [-0.25, -0.2) is 0 Å². The van der Waals surface area contributed by atoms with Crippen LogP contribution in [0.3, 0.4) is 0 Å². The highest BCUT2D eigenvalue weighted by atomic mass is 35.5. The van der Waals surface area contributed by atoms with Gasteiger partial charge in [0.1, 0.15) is 18.2 Å². The molecule has 0 saturated carbocycles. The Labute approximate surface area is 114 Å². The summed E-state index contributed by atoms with van der Waals surface area (Å²) in [6.07, 6.45) is 1.37. The van der Waals surface area contributed by atoms with E-state index in [2.05, 4.69) is 21.5 Å². The largest absolute Gasteiger partial charge is 0.383 e. The number of rotatable bonds is 1. The van der Waals surface area contributed by atoms with Crippen LogP contribution in [-0.4, -0.2) is 14.8 Å². The molecule has 0 unspecified atom stereocenters. The SMILES string of the molecule is N#CC1=C(N)n2ncnc2N[C@@H]1c1ccccc1Cl. The Balaban J connectivity index is 2.17. The second-order valence-electron chi connectivity index (χ2n) is 4.01. The quantitative estimate of drug-likeness (QED) is 0.825. The van der Waals surface area contributed by atoms with Crippen molar-refractivity contribution >= 4 is 23.4 Å². The lowest BCUT2D eigenvalue weighted by molar-refractivity contribution is 0.795. The number of nitrogens with zero attached hydrogens (tertiary/aromatic N) is 4. The molecule has 2 aromatic rings. The van der Waals surface area contributed by atoms with E-state index >= 15 is 0 Å². The maximum absolute atomic E-state index is 9.31. The zero-order chi connectivity index (χ0) is 13.4. The molecule has 0 spiro atoms. The van der Waals surface area contributed by atoms with Gasteiger partial charge in [0.05, 0.1) is 11.6 Å². The Morgan fingerprint density at radius 1 is 1.42 bits per heavy atom. The zero-order valence-electron chi connectivity index (χ0n) is 9.71. The number of halogens is 1. The summed E-state index contributed by atoms with van der Waals surface area (Å²) in [5, 5.41) is 17.0. The number of benzene rings is 1. The number of hydrogen-bond acceptors (Lipinski definition) is 5. The molecule has 1 aliphatic rings. The van der Waals surface area contributed by atoms with Gasteiger partial charge >= 0.3 is 0 Å². The molecule has 3 N–H and O–H groups in total. The summed E-state index contributed by atoms with van der Waals surface area (Å²) in [5.74, 6) is 0.750. The number of hydrogen-bond donors (Lipinski definition) is 2. The first kappa shape index (κ1) is 11.6. The van der Waals surface area contributed by atoms with Crippen LogP contribution in [-0.2, 0) is 0 Å². The third kappa shape index (κ3) is 1.72. The van der Waals surface area contributed by atoms with E-state index in [1.165, 1.54) is 11.0 Å². The lowest BCUT2D eigenvalue weighted by Crippen LogP contribution is -2.27. The molecule has 2 heterocycles. The Bertz CT molecular complexity index is 711. The summed E-state index contributed by atoms with van der Waals surface area (Å²) in [5.41, 5.74) is 7.10. The van der Waals surface area contributed by atoms with E-state index in [0.29, 0.717) is 16.5 Å². The number of anilines is 1. The van der Waals surface area contributed by atoms with Crippen LogP contribution in [0.4, 0.5) is 5.95 Å². The van der Waals surface area contributed by atoms with E-state index in [0.717, 1.165) is 5.56 Å². The molecule has 1 aliphatic heterocycles. The molecule has 0 fully saturated rings. The predicted octanol–water partition coefficient (Wildman–Crippen LogP) is 1.75. The Morgan fingerprint density at radius 3 is 2.95 bits per heavy atom. The number of nitrogens with one attached hydrogen (secondary N) is 1. The van der Waals surface area contributed by atoms with Crippen LogP contribution in [0.2, 0.25) is 5.02 Å². The maximum Gasteiger partial charge on any atom is 0.228 e. The smallest absolute Gasteiger partial charge is 0.228 e. The van der Waals surface area contributed by atoms with Crippen LogP contribution in [0.5, 0.6) is 0 Å². The van der Waals surface area contributed by atoms with E-state index in [4.69, 9.17) is 17.3 Å². The molecular weight excluding hydrogens is 264 g/mol.